The Morgan fingerprint density at radius 2 is 1.16 bits per heavy atom. The maximum Gasteiger partial charge on any atom is 0.306 e. The van der Waals surface area contributed by atoms with Gasteiger partial charge in [-0.05, 0) is 12.8 Å². The molecule has 1 unspecified atom stereocenters. The molecule has 1 N–H and O–H groups in total. The molecule has 0 rings (SSSR count). The highest BCUT2D eigenvalue weighted by Crippen LogP contribution is 2.14. The van der Waals surface area contributed by atoms with Crippen molar-refractivity contribution in [3.8, 4) is 0 Å². The van der Waals surface area contributed by atoms with Gasteiger partial charge >= 0.3 is 11.9 Å². The number of ether oxygens (including phenoxy) is 2. The first-order chi connectivity index (χ1) is 15.0. The lowest BCUT2D eigenvalue weighted by Crippen LogP contribution is -2.23. The number of Topliss-reactive ketones (excluding diaryl/α,β-unsaturated/α-hetero) is 1. The summed E-state index contributed by atoms with van der Waals surface area (Å²) in [6.45, 7) is 1.93. The fourth-order valence-electron chi connectivity index (χ4n) is 3.53. The van der Waals surface area contributed by atoms with Crippen LogP contribution in [0.15, 0.2) is 0 Å². The molecule has 6 nitrogen and oxygen atoms in total. The quantitative estimate of drug-likeness (QED) is 0.171. The summed E-state index contributed by atoms with van der Waals surface area (Å²) in [5.41, 5.74) is 0. The van der Waals surface area contributed by atoms with E-state index in [4.69, 9.17) is 4.74 Å². The number of methoxy groups -OCH3 is 1. The van der Waals surface area contributed by atoms with Crippen molar-refractivity contribution in [3.05, 3.63) is 0 Å². The van der Waals surface area contributed by atoms with E-state index in [1.165, 1.54) is 77.7 Å². The van der Waals surface area contributed by atoms with Gasteiger partial charge in [-0.1, -0.05) is 84.0 Å². The first-order valence-electron chi connectivity index (χ1n) is 12.4. The number of carbonyl (C=O) groups excluding carboxylic acids is 3. The zero-order chi connectivity index (χ0) is 23.2. The van der Waals surface area contributed by atoms with E-state index < -0.39 is 18.0 Å². The van der Waals surface area contributed by atoms with Gasteiger partial charge in [0, 0.05) is 12.8 Å². The van der Waals surface area contributed by atoms with Gasteiger partial charge in [-0.3, -0.25) is 14.4 Å². The fourth-order valence-corrected chi connectivity index (χ4v) is 3.53. The Hall–Kier alpha value is -1.43. The smallest absolute Gasteiger partial charge is 0.306 e. The maximum absolute atomic E-state index is 12.0. The fraction of sp³-hybridized carbons (Fsp3) is 0.880. The van der Waals surface area contributed by atoms with Crippen LogP contribution in [-0.2, 0) is 23.9 Å². The number of aliphatic hydroxyl groups is 1. The Bertz CT molecular complexity index is 463. The zero-order valence-electron chi connectivity index (χ0n) is 20.0. The van der Waals surface area contributed by atoms with E-state index in [9.17, 15) is 19.5 Å². The van der Waals surface area contributed by atoms with Crippen LogP contribution < -0.4 is 0 Å². The summed E-state index contributed by atoms with van der Waals surface area (Å²) in [6, 6.07) is 0. The molecule has 0 saturated heterocycles. The van der Waals surface area contributed by atoms with Gasteiger partial charge in [-0.2, -0.15) is 0 Å². The average Bonchev–Trinajstić information content (AvgIpc) is 2.77. The van der Waals surface area contributed by atoms with Crippen LogP contribution in [-0.4, -0.2) is 42.6 Å². The minimum atomic E-state index is -0.694. The van der Waals surface area contributed by atoms with E-state index in [1.807, 2.05) is 0 Å². The van der Waals surface area contributed by atoms with Crippen LogP contribution in [0.2, 0.25) is 0 Å². The second kappa shape index (κ2) is 21.8. The van der Waals surface area contributed by atoms with Gasteiger partial charge in [0.05, 0.1) is 26.6 Å². The molecule has 6 heteroatoms. The second-order valence-corrected chi connectivity index (χ2v) is 8.44. The van der Waals surface area contributed by atoms with Crippen LogP contribution in [0.25, 0.3) is 0 Å². The summed E-state index contributed by atoms with van der Waals surface area (Å²) < 4.78 is 9.59. The van der Waals surface area contributed by atoms with E-state index in [1.54, 1.807) is 0 Å². The van der Waals surface area contributed by atoms with Crippen LogP contribution in [0.1, 0.15) is 122 Å². The van der Waals surface area contributed by atoms with Crippen molar-refractivity contribution in [2.75, 3.05) is 13.7 Å². The maximum atomic E-state index is 12.0. The van der Waals surface area contributed by atoms with Crippen molar-refractivity contribution in [1.29, 1.82) is 0 Å². The molecule has 0 radical (unpaired) electrons. The number of aliphatic hydroxyl groups excluding tert-OH is 1. The van der Waals surface area contributed by atoms with E-state index in [0.29, 0.717) is 19.3 Å². The molecule has 0 saturated carbocycles. The number of hydrogen-bond donors (Lipinski definition) is 1. The first kappa shape index (κ1) is 29.6. The van der Waals surface area contributed by atoms with Crippen LogP contribution in [0.4, 0.5) is 0 Å². The van der Waals surface area contributed by atoms with Gasteiger partial charge in [0.15, 0.2) is 0 Å². The summed E-state index contributed by atoms with van der Waals surface area (Å²) in [7, 11) is 1.26. The largest absolute Gasteiger partial charge is 0.469 e. The van der Waals surface area contributed by atoms with Crippen molar-refractivity contribution in [3.63, 3.8) is 0 Å². The molecule has 0 aliphatic rings. The van der Waals surface area contributed by atoms with Gasteiger partial charge < -0.3 is 14.6 Å². The topological polar surface area (TPSA) is 89.9 Å². The van der Waals surface area contributed by atoms with Gasteiger partial charge in [-0.25, -0.2) is 0 Å². The number of carbonyl (C=O) groups is 3. The lowest BCUT2D eigenvalue weighted by atomic mass is 10.0. The van der Waals surface area contributed by atoms with E-state index >= 15 is 0 Å². The van der Waals surface area contributed by atoms with Crippen LogP contribution >= 0.6 is 0 Å². The average molecular weight is 443 g/mol. The van der Waals surface area contributed by atoms with Crippen LogP contribution in [0.3, 0.4) is 0 Å². The summed E-state index contributed by atoms with van der Waals surface area (Å²) in [5.74, 6) is -0.897. The number of unbranched alkanes of at least 4 members (excludes halogenated alkanes) is 12. The molecule has 0 fully saturated rings. The lowest BCUT2D eigenvalue weighted by molar-refractivity contribution is -0.155. The zero-order valence-corrected chi connectivity index (χ0v) is 20.0. The predicted octanol–water partition coefficient (Wildman–Crippen LogP) is 5.67. The third kappa shape index (κ3) is 20.2. The Morgan fingerprint density at radius 3 is 1.65 bits per heavy atom. The Morgan fingerprint density at radius 1 is 0.677 bits per heavy atom. The van der Waals surface area contributed by atoms with Gasteiger partial charge in [0.25, 0.3) is 0 Å². The van der Waals surface area contributed by atoms with E-state index in [2.05, 4.69) is 11.7 Å². The molecule has 0 aromatic rings. The Labute approximate surface area is 189 Å². The van der Waals surface area contributed by atoms with E-state index in [-0.39, 0.29) is 25.2 Å². The molecule has 31 heavy (non-hydrogen) atoms. The van der Waals surface area contributed by atoms with Crippen molar-refractivity contribution in [2.24, 2.45) is 0 Å². The summed E-state index contributed by atoms with van der Waals surface area (Å²) >= 11 is 0. The van der Waals surface area contributed by atoms with Gasteiger partial charge in [0.1, 0.15) is 11.9 Å². The molecule has 182 valence electrons. The number of rotatable bonds is 22. The number of esters is 2. The molecule has 0 aromatic heterocycles. The molecule has 0 aromatic carbocycles. The molecule has 0 aliphatic carbocycles. The van der Waals surface area contributed by atoms with Crippen molar-refractivity contribution in [1.82, 2.24) is 0 Å². The minimum Gasteiger partial charge on any atom is -0.469 e. The molecule has 0 spiro atoms. The van der Waals surface area contributed by atoms with E-state index in [0.717, 1.165) is 12.8 Å². The monoisotopic (exact) mass is 442 g/mol. The molecule has 0 amide bonds. The van der Waals surface area contributed by atoms with Crippen molar-refractivity contribution >= 4 is 17.7 Å². The highest BCUT2D eigenvalue weighted by Gasteiger charge is 2.16. The molecule has 0 heterocycles. The molecular weight excluding hydrogens is 396 g/mol. The third-order valence-corrected chi connectivity index (χ3v) is 5.57. The standard InChI is InChI=1S/C25H46O6/c1-3-4-5-6-7-8-9-10-11-12-13-14-15-16-22(27)17-18-23(21-26)31-25(29)20-19-24(28)30-2/h23,26H,3-21H2,1-2H3. The third-order valence-electron chi connectivity index (χ3n) is 5.57. The number of hydrogen-bond acceptors (Lipinski definition) is 6. The second-order valence-electron chi connectivity index (χ2n) is 8.44. The highest BCUT2D eigenvalue weighted by molar-refractivity contribution is 5.79. The summed E-state index contributed by atoms with van der Waals surface area (Å²) in [6.07, 6.45) is 16.9. The molecule has 0 bridgehead atoms. The lowest BCUT2D eigenvalue weighted by Gasteiger charge is -2.15. The first-order valence-corrected chi connectivity index (χ1v) is 12.4. The van der Waals surface area contributed by atoms with Crippen LogP contribution in [0, 0.1) is 0 Å². The van der Waals surface area contributed by atoms with Crippen molar-refractivity contribution in [2.45, 2.75) is 129 Å². The Kier molecular flexibility index (Phi) is 20.8. The minimum absolute atomic E-state index is 0.0501. The van der Waals surface area contributed by atoms with Crippen LogP contribution in [0.5, 0.6) is 0 Å². The molecule has 1 atom stereocenters. The van der Waals surface area contributed by atoms with Gasteiger partial charge in [0.2, 0.25) is 0 Å². The van der Waals surface area contributed by atoms with Crippen molar-refractivity contribution < 1.29 is 29.0 Å². The summed E-state index contributed by atoms with van der Waals surface area (Å²) in [5, 5.41) is 9.33. The SMILES string of the molecule is CCCCCCCCCCCCCCCC(=O)CCC(CO)OC(=O)CCC(=O)OC. The molecular formula is C25H46O6. The highest BCUT2D eigenvalue weighted by atomic mass is 16.6. The predicted molar refractivity (Wildman–Crippen MR) is 123 cm³/mol. The normalized spacial score (nSPS) is 11.8. The summed E-state index contributed by atoms with van der Waals surface area (Å²) in [4.78, 5) is 34.7. The number of ketones is 1. The Balaban J connectivity index is 3.57. The van der Waals surface area contributed by atoms with Gasteiger partial charge in [-0.15, -0.1) is 0 Å². The molecule has 0 aliphatic heterocycles.